The lowest BCUT2D eigenvalue weighted by Crippen LogP contribution is -2.11. The topological polar surface area (TPSA) is 25.2 Å². The summed E-state index contributed by atoms with van der Waals surface area (Å²) >= 11 is 0. The minimum atomic E-state index is -4.14. The fourth-order valence-corrected chi connectivity index (χ4v) is 1.41. The summed E-state index contributed by atoms with van der Waals surface area (Å²) in [6.07, 6.45) is -2.48. The van der Waals surface area contributed by atoms with Crippen LogP contribution < -0.4 is 0 Å². The van der Waals surface area contributed by atoms with E-state index in [1.807, 2.05) is 13.8 Å². The van der Waals surface area contributed by atoms with Gasteiger partial charge in [0, 0.05) is 18.9 Å². The van der Waals surface area contributed by atoms with Crippen LogP contribution in [0, 0.1) is 5.92 Å². The molecule has 0 fully saturated rings. The van der Waals surface area contributed by atoms with Gasteiger partial charge >= 0.3 is 6.18 Å². The lowest BCUT2D eigenvalue weighted by molar-refractivity contribution is -0.136. The summed E-state index contributed by atoms with van der Waals surface area (Å²) in [6, 6.07) is 1.65. The molecule has 16 heavy (non-hydrogen) atoms. The number of halogens is 3. The smallest absolute Gasteiger partial charge is 0.388 e. The Kier molecular flexibility index (Phi) is 4.02. The van der Waals surface area contributed by atoms with Crippen LogP contribution >= 0.6 is 0 Å². The van der Waals surface area contributed by atoms with Gasteiger partial charge in [-0.15, -0.1) is 0 Å². The molecule has 0 bridgehead atoms. The molecule has 0 radical (unpaired) electrons. The maximum atomic E-state index is 12.0. The Labute approximate surface area is 92.7 Å². The molecule has 0 aliphatic heterocycles. The highest BCUT2D eigenvalue weighted by molar-refractivity contribution is 5.14. The second-order valence-corrected chi connectivity index (χ2v) is 4.24. The lowest BCUT2D eigenvalue weighted by Gasteiger charge is -2.12. The number of aliphatic hydroxyl groups excluding tert-OH is 1. The lowest BCUT2D eigenvalue weighted by atomic mass is 10.0. The average molecular weight is 235 g/mol. The zero-order valence-electron chi connectivity index (χ0n) is 9.33. The molecular formula is C11H16F3NO. The van der Waals surface area contributed by atoms with Crippen molar-refractivity contribution < 1.29 is 18.3 Å². The van der Waals surface area contributed by atoms with Crippen LogP contribution in [0.15, 0.2) is 18.5 Å². The normalized spacial score (nSPS) is 14.4. The molecule has 92 valence electrons. The summed E-state index contributed by atoms with van der Waals surface area (Å²) in [5.41, 5.74) is 0.664. The van der Waals surface area contributed by atoms with Crippen LogP contribution in [-0.4, -0.2) is 15.8 Å². The molecule has 1 aromatic heterocycles. The zero-order chi connectivity index (χ0) is 12.3. The second-order valence-electron chi connectivity index (χ2n) is 4.24. The molecule has 1 atom stereocenters. The molecule has 1 heterocycles. The maximum Gasteiger partial charge on any atom is 0.390 e. The van der Waals surface area contributed by atoms with Crippen molar-refractivity contribution in [2.75, 3.05) is 0 Å². The van der Waals surface area contributed by atoms with Crippen LogP contribution in [0.25, 0.3) is 0 Å². The van der Waals surface area contributed by atoms with E-state index in [1.54, 1.807) is 18.5 Å². The van der Waals surface area contributed by atoms with E-state index in [2.05, 4.69) is 0 Å². The standard InChI is InChI=1S/C11H16F3NO/c1-8(2)10(16)9-3-5-15(7-9)6-4-11(12,13)14/h3,5,7-8,10,16H,4,6H2,1-2H3. The number of hydrogen-bond donors (Lipinski definition) is 1. The van der Waals surface area contributed by atoms with E-state index in [0.717, 1.165) is 0 Å². The van der Waals surface area contributed by atoms with Crippen molar-refractivity contribution in [2.45, 2.75) is 39.1 Å². The van der Waals surface area contributed by atoms with E-state index in [1.165, 1.54) is 4.57 Å². The predicted molar refractivity (Wildman–Crippen MR) is 54.9 cm³/mol. The van der Waals surface area contributed by atoms with E-state index in [9.17, 15) is 18.3 Å². The van der Waals surface area contributed by atoms with Crippen molar-refractivity contribution in [3.8, 4) is 0 Å². The number of aliphatic hydroxyl groups is 1. The Hall–Kier alpha value is -0.970. The van der Waals surface area contributed by atoms with Crippen molar-refractivity contribution in [2.24, 2.45) is 5.92 Å². The Balaban J connectivity index is 2.58. The Bertz CT molecular complexity index is 330. The molecule has 1 rings (SSSR count). The van der Waals surface area contributed by atoms with E-state index in [-0.39, 0.29) is 12.5 Å². The van der Waals surface area contributed by atoms with Crippen LogP contribution in [0.3, 0.4) is 0 Å². The maximum absolute atomic E-state index is 12.0. The number of aryl methyl sites for hydroxylation is 1. The number of nitrogens with zero attached hydrogens (tertiary/aromatic N) is 1. The van der Waals surface area contributed by atoms with Gasteiger partial charge in [-0.1, -0.05) is 13.8 Å². The molecule has 1 unspecified atom stereocenters. The molecule has 0 amide bonds. The largest absolute Gasteiger partial charge is 0.390 e. The Morgan fingerprint density at radius 3 is 2.50 bits per heavy atom. The van der Waals surface area contributed by atoms with Crippen LogP contribution in [0.2, 0.25) is 0 Å². The van der Waals surface area contributed by atoms with Crippen LogP contribution in [-0.2, 0) is 6.54 Å². The van der Waals surface area contributed by atoms with Gasteiger partial charge in [-0.2, -0.15) is 13.2 Å². The minimum absolute atomic E-state index is 0.0541. The highest BCUT2D eigenvalue weighted by atomic mass is 19.4. The molecule has 2 nitrogen and oxygen atoms in total. The first-order valence-electron chi connectivity index (χ1n) is 5.20. The van der Waals surface area contributed by atoms with Crippen molar-refractivity contribution in [1.82, 2.24) is 4.57 Å². The molecule has 1 N–H and O–H groups in total. The van der Waals surface area contributed by atoms with Gasteiger partial charge in [0.15, 0.2) is 0 Å². The van der Waals surface area contributed by atoms with E-state index >= 15 is 0 Å². The summed E-state index contributed by atoms with van der Waals surface area (Å²) in [5, 5.41) is 9.70. The minimum Gasteiger partial charge on any atom is -0.388 e. The summed E-state index contributed by atoms with van der Waals surface area (Å²) in [6.45, 7) is 3.61. The monoisotopic (exact) mass is 235 g/mol. The van der Waals surface area contributed by atoms with Gasteiger partial charge in [0.2, 0.25) is 0 Å². The third-order valence-corrected chi connectivity index (χ3v) is 2.40. The third kappa shape index (κ3) is 3.89. The van der Waals surface area contributed by atoms with Crippen molar-refractivity contribution in [1.29, 1.82) is 0 Å². The predicted octanol–water partition coefficient (Wildman–Crippen LogP) is 3.13. The van der Waals surface area contributed by atoms with Crippen LogP contribution in [0.1, 0.15) is 31.9 Å². The van der Waals surface area contributed by atoms with Gasteiger partial charge in [-0.3, -0.25) is 0 Å². The second kappa shape index (κ2) is 4.91. The van der Waals surface area contributed by atoms with Crippen molar-refractivity contribution in [3.05, 3.63) is 24.0 Å². The number of aromatic nitrogens is 1. The van der Waals surface area contributed by atoms with E-state index in [4.69, 9.17) is 0 Å². The quantitative estimate of drug-likeness (QED) is 0.852. The molecule has 0 saturated heterocycles. The molecule has 0 aromatic carbocycles. The van der Waals surface area contributed by atoms with Crippen LogP contribution in [0.5, 0.6) is 0 Å². The van der Waals surface area contributed by atoms with Crippen LogP contribution in [0.4, 0.5) is 13.2 Å². The summed E-state index contributed by atoms with van der Waals surface area (Å²) in [5.74, 6) is 0.0541. The fraction of sp³-hybridized carbons (Fsp3) is 0.636. The van der Waals surface area contributed by atoms with Gasteiger partial charge in [0.1, 0.15) is 0 Å². The van der Waals surface area contributed by atoms with Gasteiger partial charge in [-0.25, -0.2) is 0 Å². The Morgan fingerprint density at radius 2 is 2.00 bits per heavy atom. The number of hydrogen-bond acceptors (Lipinski definition) is 1. The zero-order valence-corrected chi connectivity index (χ0v) is 9.33. The van der Waals surface area contributed by atoms with Crippen molar-refractivity contribution in [3.63, 3.8) is 0 Å². The first-order valence-corrected chi connectivity index (χ1v) is 5.20. The summed E-state index contributed by atoms with van der Waals surface area (Å²) in [7, 11) is 0. The first-order chi connectivity index (χ1) is 7.29. The number of alkyl halides is 3. The SMILES string of the molecule is CC(C)C(O)c1ccn(CCC(F)(F)F)c1. The molecule has 5 heteroatoms. The summed E-state index contributed by atoms with van der Waals surface area (Å²) in [4.78, 5) is 0. The van der Waals surface area contributed by atoms with E-state index < -0.39 is 18.7 Å². The third-order valence-electron chi connectivity index (χ3n) is 2.40. The van der Waals surface area contributed by atoms with Gasteiger partial charge in [0.05, 0.1) is 12.5 Å². The van der Waals surface area contributed by atoms with Crippen molar-refractivity contribution >= 4 is 0 Å². The summed E-state index contributed by atoms with van der Waals surface area (Å²) < 4.78 is 37.4. The van der Waals surface area contributed by atoms with E-state index in [0.29, 0.717) is 5.56 Å². The van der Waals surface area contributed by atoms with Gasteiger partial charge < -0.3 is 9.67 Å². The molecular weight excluding hydrogens is 219 g/mol. The average Bonchev–Trinajstić information content (AvgIpc) is 2.60. The first kappa shape index (κ1) is 13.1. The molecule has 0 aliphatic rings. The molecule has 0 aliphatic carbocycles. The highest BCUT2D eigenvalue weighted by Gasteiger charge is 2.26. The highest BCUT2D eigenvalue weighted by Crippen LogP contribution is 2.23. The van der Waals surface area contributed by atoms with Gasteiger partial charge in [0.25, 0.3) is 0 Å². The van der Waals surface area contributed by atoms with Gasteiger partial charge in [-0.05, 0) is 17.5 Å². The molecule has 1 aromatic rings. The number of rotatable bonds is 4. The fourth-order valence-electron chi connectivity index (χ4n) is 1.41. The molecule has 0 saturated carbocycles. The Morgan fingerprint density at radius 1 is 1.38 bits per heavy atom. The molecule has 0 spiro atoms.